The SMILES string of the molecule is O=C(CC1CC2CCC(C1)N2)NCC(O)COc1ccc(C(F)(F)F)cc1. The lowest BCUT2D eigenvalue weighted by Crippen LogP contribution is -2.41. The molecular formula is C19H25F3N2O3. The van der Waals surface area contributed by atoms with E-state index in [1.165, 1.54) is 25.0 Å². The van der Waals surface area contributed by atoms with E-state index in [4.69, 9.17) is 4.74 Å². The fourth-order valence-corrected chi connectivity index (χ4v) is 3.90. The first kappa shape index (κ1) is 19.9. The monoisotopic (exact) mass is 386 g/mol. The lowest BCUT2D eigenvalue weighted by molar-refractivity contribution is -0.137. The molecule has 1 amide bonds. The number of hydrogen-bond donors (Lipinski definition) is 3. The number of ether oxygens (including phenoxy) is 1. The molecule has 3 N–H and O–H groups in total. The molecule has 3 atom stereocenters. The van der Waals surface area contributed by atoms with E-state index in [-0.39, 0.29) is 24.8 Å². The van der Waals surface area contributed by atoms with E-state index >= 15 is 0 Å². The van der Waals surface area contributed by atoms with Crippen LogP contribution in [-0.4, -0.2) is 42.4 Å². The van der Waals surface area contributed by atoms with Crippen LogP contribution in [0.1, 0.15) is 37.7 Å². The Morgan fingerprint density at radius 2 is 1.85 bits per heavy atom. The highest BCUT2D eigenvalue weighted by molar-refractivity contribution is 5.76. The maximum absolute atomic E-state index is 12.5. The van der Waals surface area contributed by atoms with Crippen LogP contribution in [0.3, 0.4) is 0 Å². The van der Waals surface area contributed by atoms with E-state index < -0.39 is 17.8 Å². The number of halogens is 3. The van der Waals surface area contributed by atoms with Crippen LogP contribution in [0.4, 0.5) is 13.2 Å². The molecule has 8 heteroatoms. The molecular weight excluding hydrogens is 361 g/mol. The number of nitrogens with one attached hydrogen (secondary N) is 2. The number of aliphatic hydroxyl groups is 1. The van der Waals surface area contributed by atoms with Gasteiger partial charge >= 0.3 is 6.18 Å². The summed E-state index contributed by atoms with van der Waals surface area (Å²) in [4.78, 5) is 12.1. The lowest BCUT2D eigenvalue weighted by atomic mass is 9.89. The first-order chi connectivity index (χ1) is 12.8. The zero-order valence-electron chi connectivity index (χ0n) is 15.0. The molecule has 2 aliphatic rings. The van der Waals surface area contributed by atoms with Crippen LogP contribution in [-0.2, 0) is 11.0 Å². The third kappa shape index (κ3) is 5.84. The van der Waals surface area contributed by atoms with Crippen molar-refractivity contribution in [2.24, 2.45) is 5.92 Å². The molecule has 5 nitrogen and oxygen atoms in total. The molecule has 150 valence electrons. The van der Waals surface area contributed by atoms with Crippen molar-refractivity contribution in [3.8, 4) is 5.75 Å². The zero-order valence-corrected chi connectivity index (χ0v) is 15.0. The van der Waals surface area contributed by atoms with Crippen LogP contribution in [0.15, 0.2) is 24.3 Å². The van der Waals surface area contributed by atoms with Crippen molar-refractivity contribution in [1.82, 2.24) is 10.6 Å². The molecule has 2 heterocycles. The molecule has 0 saturated carbocycles. The Bertz CT molecular complexity index is 624. The minimum atomic E-state index is -4.39. The third-order valence-corrected chi connectivity index (χ3v) is 5.20. The molecule has 2 aliphatic heterocycles. The van der Waals surface area contributed by atoms with Crippen LogP contribution >= 0.6 is 0 Å². The second-order valence-corrected chi connectivity index (χ2v) is 7.47. The van der Waals surface area contributed by atoms with Gasteiger partial charge in [0.15, 0.2) is 0 Å². The third-order valence-electron chi connectivity index (χ3n) is 5.20. The van der Waals surface area contributed by atoms with Gasteiger partial charge in [0.05, 0.1) is 5.56 Å². The van der Waals surface area contributed by atoms with Crippen molar-refractivity contribution in [2.75, 3.05) is 13.2 Å². The summed E-state index contributed by atoms with van der Waals surface area (Å²) >= 11 is 0. The quantitative estimate of drug-likeness (QED) is 0.673. The van der Waals surface area contributed by atoms with Gasteiger partial charge in [0.25, 0.3) is 0 Å². The van der Waals surface area contributed by atoms with E-state index in [2.05, 4.69) is 10.6 Å². The minimum absolute atomic E-state index is 0.0529. The number of piperidine rings is 1. The summed E-state index contributed by atoms with van der Waals surface area (Å²) in [6.45, 7) is -0.0551. The molecule has 1 aromatic carbocycles. The number of carbonyl (C=O) groups excluding carboxylic acids is 1. The number of carbonyl (C=O) groups is 1. The first-order valence-electron chi connectivity index (χ1n) is 9.30. The van der Waals surface area contributed by atoms with E-state index in [0.29, 0.717) is 24.4 Å². The molecule has 1 aromatic rings. The molecule has 2 bridgehead atoms. The van der Waals surface area contributed by atoms with E-state index in [1.54, 1.807) is 0 Å². The van der Waals surface area contributed by atoms with Gasteiger partial charge in [0.2, 0.25) is 5.91 Å². The number of hydrogen-bond acceptors (Lipinski definition) is 4. The smallest absolute Gasteiger partial charge is 0.416 e. The fourth-order valence-electron chi connectivity index (χ4n) is 3.90. The van der Waals surface area contributed by atoms with Gasteiger partial charge in [-0.2, -0.15) is 13.2 Å². The number of amides is 1. The maximum atomic E-state index is 12.5. The first-order valence-corrected chi connectivity index (χ1v) is 9.30. The summed E-state index contributed by atoms with van der Waals surface area (Å²) < 4.78 is 42.8. The number of fused-ring (bicyclic) bond motifs is 2. The maximum Gasteiger partial charge on any atom is 0.416 e. The molecule has 3 unspecified atom stereocenters. The van der Waals surface area contributed by atoms with Crippen molar-refractivity contribution in [3.05, 3.63) is 29.8 Å². The standard InChI is InChI=1S/C19H25F3N2O3/c20-19(21,22)13-1-5-17(6-2-13)27-11-16(25)10-23-18(26)9-12-7-14-3-4-15(8-12)24-14/h1-2,5-6,12,14-16,24-25H,3-4,7-11H2,(H,23,26). The van der Waals surface area contributed by atoms with Crippen LogP contribution in [0, 0.1) is 5.92 Å². The number of aliphatic hydroxyl groups excluding tert-OH is 1. The van der Waals surface area contributed by atoms with Gasteiger partial charge in [0.1, 0.15) is 18.5 Å². The predicted molar refractivity (Wildman–Crippen MR) is 93.2 cm³/mol. The molecule has 27 heavy (non-hydrogen) atoms. The van der Waals surface area contributed by atoms with Crippen molar-refractivity contribution >= 4 is 5.91 Å². The highest BCUT2D eigenvalue weighted by atomic mass is 19.4. The highest BCUT2D eigenvalue weighted by Gasteiger charge is 2.34. The average Bonchev–Trinajstić information content (AvgIpc) is 2.96. The van der Waals surface area contributed by atoms with Crippen LogP contribution in [0.2, 0.25) is 0 Å². The van der Waals surface area contributed by atoms with Crippen molar-refractivity contribution in [3.63, 3.8) is 0 Å². The summed E-state index contributed by atoms with van der Waals surface area (Å²) in [5.41, 5.74) is -0.756. The van der Waals surface area contributed by atoms with Gasteiger partial charge in [0, 0.05) is 25.0 Å². The Morgan fingerprint density at radius 3 is 2.44 bits per heavy atom. The van der Waals surface area contributed by atoms with E-state index in [0.717, 1.165) is 25.0 Å². The van der Waals surface area contributed by atoms with Crippen molar-refractivity contribution < 1.29 is 27.8 Å². The predicted octanol–water partition coefficient (Wildman–Crippen LogP) is 2.48. The molecule has 0 aliphatic carbocycles. The average molecular weight is 386 g/mol. The summed E-state index contributed by atoms with van der Waals surface area (Å²) in [5.74, 6) is 0.526. The molecule has 0 spiro atoms. The van der Waals surface area contributed by atoms with Gasteiger partial charge < -0.3 is 20.5 Å². The Balaban J connectivity index is 1.34. The molecule has 0 radical (unpaired) electrons. The highest BCUT2D eigenvalue weighted by Crippen LogP contribution is 2.32. The largest absolute Gasteiger partial charge is 0.491 e. The van der Waals surface area contributed by atoms with Crippen molar-refractivity contribution in [2.45, 2.75) is 56.5 Å². The fraction of sp³-hybridized carbons (Fsp3) is 0.632. The summed E-state index contributed by atoms with van der Waals surface area (Å²) in [6.07, 6.45) is -0.462. The van der Waals surface area contributed by atoms with Gasteiger partial charge in [-0.1, -0.05) is 0 Å². The second-order valence-electron chi connectivity index (χ2n) is 7.47. The van der Waals surface area contributed by atoms with Crippen LogP contribution in [0.25, 0.3) is 0 Å². The second kappa shape index (κ2) is 8.48. The Hall–Kier alpha value is -1.80. The normalized spacial score (nSPS) is 25.9. The van der Waals surface area contributed by atoms with Crippen molar-refractivity contribution in [1.29, 1.82) is 0 Å². The van der Waals surface area contributed by atoms with Gasteiger partial charge in [-0.15, -0.1) is 0 Å². The summed E-state index contributed by atoms with van der Waals surface area (Å²) in [7, 11) is 0. The Labute approximate surface area is 156 Å². The zero-order chi connectivity index (χ0) is 19.4. The van der Waals surface area contributed by atoms with E-state index in [1.807, 2.05) is 0 Å². The van der Waals surface area contributed by atoms with Gasteiger partial charge in [-0.3, -0.25) is 4.79 Å². The Kier molecular flexibility index (Phi) is 6.26. The summed E-state index contributed by atoms with van der Waals surface area (Å²) in [5, 5.41) is 16.2. The molecule has 0 aromatic heterocycles. The molecule has 2 fully saturated rings. The van der Waals surface area contributed by atoms with Gasteiger partial charge in [-0.05, 0) is 55.9 Å². The topological polar surface area (TPSA) is 70.6 Å². The van der Waals surface area contributed by atoms with Gasteiger partial charge in [-0.25, -0.2) is 0 Å². The molecule has 2 saturated heterocycles. The summed E-state index contributed by atoms with van der Waals surface area (Å²) in [6, 6.07) is 5.33. The molecule has 3 rings (SSSR count). The Morgan fingerprint density at radius 1 is 1.22 bits per heavy atom. The number of alkyl halides is 3. The van der Waals surface area contributed by atoms with E-state index in [9.17, 15) is 23.1 Å². The number of benzene rings is 1. The minimum Gasteiger partial charge on any atom is -0.491 e. The lowest BCUT2D eigenvalue weighted by Gasteiger charge is -2.28. The van der Waals surface area contributed by atoms with Crippen LogP contribution in [0.5, 0.6) is 5.75 Å². The van der Waals surface area contributed by atoms with Crippen LogP contribution < -0.4 is 15.4 Å². The number of rotatable bonds is 7.